The van der Waals surface area contributed by atoms with E-state index in [0.717, 1.165) is 15.8 Å². The van der Waals surface area contributed by atoms with Gasteiger partial charge in [0.25, 0.3) is 0 Å². The van der Waals surface area contributed by atoms with Crippen molar-refractivity contribution in [3.05, 3.63) is 50.6 Å². The molecule has 84 valence electrons. The fourth-order valence-electron chi connectivity index (χ4n) is 1.34. The average Bonchev–Trinajstić information content (AvgIpc) is 2.80. The van der Waals surface area contributed by atoms with Crippen LogP contribution in [0.1, 0.15) is 10.4 Å². The predicted molar refractivity (Wildman–Crippen MR) is 72.4 cm³/mol. The fourth-order valence-corrected chi connectivity index (χ4v) is 2.57. The van der Waals surface area contributed by atoms with E-state index in [1.54, 1.807) is 11.3 Å². The van der Waals surface area contributed by atoms with Gasteiger partial charge in [0.05, 0.1) is 5.88 Å². The van der Waals surface area contributed by atoms with Crippen LogP contribution in [-0.2, 0) is 12.5 Å². The van der Waals surface area contributed by atoms with Crippen LogP contribution in [0.25, 0.3) is 0 Å². The number of rotatable bonds is 4. The van der Waals surface area contributed by atoms with E-state index in [1.165, 1.54) is 4.88 Å². The summed E-state index contributed by atoms with van der Waals surface area (Å²) < 4.78 is 6.75. The number of hydrogen-bond donors (Lipinski definition) is 0. The SMILES string of the molecule is ClCc1cc(Br)ccc1OCc1cccs1. The summed E-state index contributed by atoms with van der Waals surface area (Å²) in [5.41, 5.74) is 1.01. The molecule has 0 N–H and O–H groups in total. The van der Waals surface area contributed by atoms with Crippen molar-refractivity contribution in [2.24, 2.45) is 0 Å². The number of halogens is 2. The van der Waals surface area contributed by atoms with Gasteiger partial charge in [-0.05, 0) is 29.6 Å². The summed E-state index contributed by atoms with van der Waals surface area (Å²) in [5.74, 6) is 1.31. The molecular formula is C12H10BrClOS. The molecule has 0 amide bonds. The highest BCUT2D eigenvalue weighted by atomic mass is 79.9. The van der Waals surface area contributed by atoms with E-state index in [9.17, 15) is 0 Å². The Morgan fingerprint density at radius 2 is 2.19 bits per heavy atom. The molecule has 16 heavy (non-hydrogen) atoms. The summed E-state index contributed by atoms with van der Waals surface area (Å²) in [5, 5.41) is 2.04. The van der Waals surface area contributed by atoms with Gasteiger partial charge in [-0.25, -0.2) is 0 Å². The van der Waals surface area contributed by atoms with E-state index in [2.05, 4.69) is 22.0 Å². The average molecular weight is 318 g/mol. The molecule has 0 aliphatic heterocycles. The molecule has 1 nitrogen and oxygen atoms in total. The Kier molecular flexibility index (Phi) is 4.27. The molecule has 4 heteroatoms. The molecule has 0 fully saturated rings. The van der Waals surface area contributed by atoms with Gasteiger partial charge < -0.3 is 4.74 Å². The van der Waals surface area contributed by atoms with Crippen LogP contribution in [0.2, 0.25) is 0 Å². The highest BCUT2D eigenvalue weighted by Crippen LogP contribution is 2.25. The van der Waals surface area contributed by atoms with Crippen molar-refractivity contribution in [1.29, 1.82) is 0 Å². The Labute approximate surface area is 112 Å². The second-order valence-electron chi connectivity index (χ2n) is 3.25. The molecule has 1 aromatic heterocycles. The summed E-state index contributed by atoms with van der Waals surface area (Å²) in [7, 11) is 0. The molecule has 2 aromatic rings. The maximum atomic E-state index is 5.87. The lowest BCUT2D eigenvalue weighted by Gasteiger charge is -2.09. The van der Waals surface area contributed by atoms with E-state index in [4.69, 9.17) is 16.3 Å². The molecule has 1 aromatic carbocycles. The van der Waals surface area contributed by atoms with Crippen molar-refractivity contribution in [3.63, 3.8) is 0 Å². The van der Waals surface area contributed by atoms with Crippen molar-refractivity contribution >= 4 is 38.9 Å². The van der Waals surface area contributed by atoms with Crippen LogP contribution in [0.3, 0.4) is 0 Å². The second kappa shape index (κ2) is 5.71. The highest BCUT2D eigenvalue weighted by Gasteiger charge is 2.04. The summed E-state index contributed by atoms with van der Waals surface area (Å²) in [6.07, 6.45) is 0. The second-order valence-corrected chi connectivity index (χ2v) is 5.47. The Hall–Kier alpha value is -0.510. The van der Waals surface area contributed by atoms with Gasteiger partial charge in [-0.1, -0.05) is 22.0 Å². The first-order valence-corrected chi connectivity index (χ1v) is 7.00. The van der Waals surface area contributed by atoms with Crippen LogP contribution >= 0.6 is 38.9 Å². The summed E-state index contributed by atoms with van der Waals surface area (Å²) in [6.45, 7) is 0.600. The minimum Gasteiger partial charge on any atom is -0.488 e. The van der Waals surface area contributed by atoms with Crippen molar-refractivity contribution in [2.75, 3.05) is 0 Å². The zero-order chi connectivity index (χ0) is 11.4. The van der Waals surface area contributed by atoms with Gasteiger partial charge in [-0.2, -0.15) is 0 Å². The van der Waals surface area contributed by atoms with Gasteiger partial charge in [0.1, 0.15) is 12.4 Å². The van der Waals surface area contributed by atoms with Gasteiger partial charge in [0.2, 0.25) is 0 Å². The van der Waals surface area contributed by atoms with Gasteiger partial charge in [0, 0.05) is 14.9 Å². The Morgan fingerprint density at radius 1 is 1.31 bits per heavy atom. The largest absolute Gasteiger partial charge is 0.488 e. The first kappa shape index (κ1) is 12.0. The highest BCUT2D eigenvalue weighted by molar-refractivity contribution is 9.10. The Bertz CT molecular complexity index is 456. The molecule has 0 saturated carbocycles. The molecule has 0 radical (unpaired) electrons. The number of ether oxygens (including phenoxy) is 1. The van der Waals surface area contributed by atoms with E-state index in [-0.39, 0.29) is 0 Å². The lowest BCUT2D eigenvalue weighted by molar-refractivity contribution is 0.307. The third-order valence-electron chi connectivity index (χ3n) is 2.12. The third kappa shape index (κ3) is 3.00. The number of thiophene rings is 1. The molecule has 0 atom stereocenters. The first-order chi connectivity index (χ1) is 7.79. The van der Waals surface area contributed by atoms with Gasteiger partial charge in [-0.15, -0.1) is 22.9 Å². The monoisotopic (exact) mass is 316 g/mol. The minimum atomic E-state index is 0.458. The number of alkyl halides is 1. The molecule has 0 bridgehead atoms. The van der Waals surface area contributed by atoms with Crippen molar-refractivity contribution in [2.45, 2.75) is 12.5 Å². The standard InChI is InChI=1S/C12H10BrClOS/c13-10-3-4-12(9(6-10)7-14)15-8-11-2-1-5-16-11/h1-6H,7-8H2. The molecule has 0 spiro atoms. The molecule has 2 rings (SSSR count). The van der Waals surface area contributed by atoms with Crippen LogP contribution < -0.4 is 4.74 Å². The quantitative estimate of drug-likeness (QED) is 0.734. The van der Waals surface area contributed by atoms with E-state index in [0.29, 0.717) is 12.5 Å². The normalized spacial score (nSPS) is 10.4. The third-order valence-corrected chi connectivity index (χ3v) is 3.75. The molecule has 0 aliphatic rings. The summed E-state index contributed by atoms with van der Waals surface area (Å²) in [6, 6.07) is 9.96. The number of hydrogen-bond acceptors (Lipinski definition) is 2. The Balaban J connectivity index is 2.09. The van der Waals surface area contributed by atoms with Crippen LogP contribution in [0.5, 0.6) is 5.75 Å². The van der Waals surface area contributed by atoms with Crippen LogP contribution in [0, 0.1) is 0 Å². The van der Waals surface area contributed by atoms with E-state index < -0.39 is 0 Å². The van der Waals surface area contributed by atoms with E-state index in [1.807, 2.05) is 29.6 Å². The number of benzene rings is 1. The molecular weight excluding hydrogens is 308 g/mol. The molecule has 0 aliphatic carbocycles. The van der Waals surface area contributed by atoms with Crippen LogP contribution in [-0.4, -0.2) is 0 Å². The van der Waals surface area contributed by atoms with Crippen LogP contribution in [0.15, 0.2) is 40.2 Å². The van der Waals surface area contributed by atoms with Gasteiger partial charge in [0.15, 0.2) is 0 Å². The maximum Gasteiger partial charge on any atom is 0.124 e. The van der Waals surface area contributed by atoms with Crippen molar-refractivity contribution in [1.82, 2.24) is 0 Å². The van der Waals surface area contributed by atoms with E-state index >= 15 is 0 Å². The maximum absolute atomic E-state index is 5.87. The topological polar surface area (TPSA) is 9.23 Å². The fraction of sp³-hybridized carbons (Fsp3) is 0.167. The summed E-state index contributed by atoms with van der Waals surface area (Å²) in [4.78, 5) is 1.21. The van der Waals surface area contributed by atoms with Gasteiger partial charge in [-0.3, -0.25) is 0 Å². The summed E-state index contributed by atoms with van der Waals surface area (Å²) >= 11 is 11.0. The van der Waals surface area contributed by atoms with Crippen molar-refractivity contribution in [3.8, 4) is 5.75 Å². The minimum absolute atomic E-state index is 0.458. The molecule has 0 unspecified atom stereocenters. The zero-order valence-electron chi connectivity index (χ0n) is 8.45. The predicted octanol–water partition coefficient (Wildman–Crippen LogP) is 4.83. The molecule has 1 heterocycles. The van der Waals surface area contributed by atoms with Crippen molar-refractivity contribution < 1.29 is 4.74 Å². The Morgan fingerprint density at radius 3 is 2.88 bits per heavy atom. The zero-order valence-corrected chi connectivity index (χ0v) is 11.6. The van der Waals surface area contributed by atoms with Gasteiger partial charge >= 0.3 is 0 Å². The lowest BCUT2D eigenvalue weighted by Crippen LogP contribution is -1.95. The molecule has 0 saturated heterocycles. The first-order valence-electron chi connectivity index (χ1n) is 4.79. The smallest absolute Gasteiger partial charge is 0.124 e. The lowest BCUT2D eigenvalue weighted by atomic mass is 10.2. The van der Waals surface area contributed by atoms with Crippen LogP contribution in [0.4, 0.5) is 0 Å².